The average molecular weight is 186 g/mol. The molecule has 1 atom stereocenters. The van der Waals surface area contributed by atoms with Gasteiger partial charge in [0.2, 0.25) is 0 Å². The van der Waals surface area contributed by atoms with Gasteiger partial charge in [-0.2, -0.15) is 0 Å². The topological polar surface area (TPSA) is 20.2 Å². The van der Waals surface area contributed by atoms with Gasteiger partial charge < -0.3 is 5.11 Å². The van der Waals surface area contributed by atoms with Crippen LogP contribution in [0.25, 0.3) is 0 Å². The summed E-state index contributed by atoms with van der Waals surface area (Å²) in [6.07, 6.45) is 6.14. The van der Waals surface area contributed by atoms with Crippen LogP contribution in [-0.2, 0) is 0 Å². The fraction of sp³-hybridized carbons (Fsp3) is 1.00. The van der Waals surface area contributed by atoms with Crippen molar-refractivity contribution < 1.29 is 5.11 Å². The van der Waals surface area contributed by atoms with E-state index in [1.165, 1.54) is 25.7 Å². The fourth-order valence-electron chi connectivity index (χ4n) is 2.02. The molecule has 1 heteroatoms. The van der Waals surface area contributed by atoms with E-state index in [9.17, 15) is 0 Å². The van der Waals surface area contributed by atoms with Crippen LogP contribution in [-0.4, -0.2) is 11.7 Å². The highest BCUT2D eigenvalue weighted by atomic mass is 16.3. The second kappa shape index (κ2) is 6.42. The van der Waals surface area contributed by atoms with E-state index in [0.717, 1.165) is 6.42 Å². The first-order chi connectivity index (χ1) is 6.02. The number of aliphatic hydroxyl groups is 1. The summed E-state index contributed by atoms with van der Waals surface area (Å²) < 4.78 is 0. The van der Waals surface area contributed by atoms with Gasteiger partial charge in [-0.25, -0.2) is 0 Å². The maximum Gasteiger partial charge on any atom is 0.0433 e. The Balaban J connectivity index is 3.71. The van der Waals surface area contributed by atoms with E-state index < -0.39 is 0 Å². The molecule has 0 aliphatic rings. The molecule has 0 amide bonds. The molecule has 0 fully saturated rings. The van der Waals surface area contributed by atoms with Crippen molar-refractivity contribution in [3.05, 3.63) is 0 Å². The van der Waals surface area contributed by atoms with Crippen molar-refractivity contribution in [1.82, 2.24) is 0 Å². The van der Waals surface area contributed by atoms with Crippen LogP contribution >= 0.6 is 0 Å². The zero-order valence-corrected chi connectivity index (χ0v) is 9.77. The van der Waals surface area contributed by atoms with Crippen LogP contribution in [0.1, 0.15) is 59.8 Å². The first-order valence-corrected chi connectivity index (χ1v) is 5.62. The van der Waals surface area contributed by atoms with Crippen molar-refractivity contribution in [1.29, 1.82) is 0 Å². The number of aliphatic hydroxyl groups excluding tert-OH is 1. The quantitative estimate of drug-likeness (QED) is 0.644. The minimum atomic E-state index is 0.338. The molecule has 0 aromatic carbocycles. The van der Waals surface area contributed by atoms with E-state index in [2.05, 4.69) is 27.7 Å². The van der Waals surface area contributed by atoms with Gasteiger partial charge in [-0.05, 0) is 30.6 Å². The van der Waals surface area contributed by atoms with Gasteiger partial charge in [0.15, 0.2) is 0 Å². The highest BCUT2D eigenvalue weighted by Crippen LogP contribution is 2.31. The third kappa shape index (κ3) is 7.06. The minimum Gasteiger partial charge on any atom is -0.396 e. The van der Waals surface area contributed by atoms with Crippen molar-refractivity contribution in [2.24, 2.45) is 11.3 Å². The molecular weight excluding hydrogens is 160 g/mol. The maximum atomic E-state index is 8.81. The van der Waals surface area contributed by atoms with E-state index in [0.29, 0.717) is 17.9 Å². The summed E-state index contributed by atoms with van der Waals surface area (Å²) in [6, 6.07) is 0. The summed E-state index contributed by atoms with van der Waals surface area (Å²) in [4.78, 5) is 0. The zero-order valence-electron chi connectivity index (χ0n) is 9.77. The highest BCUT2D eigenvalue weighted by Gasteiger charge is 2.19. The van der Waals surface area contributed by atoms with Crippen LogP contribution in [0.5, 0.6) is 0 Å². The lowest BCUT2D eigenvalue weighted by molar-refractivity contribution is 0.205. The van der Waals surface area contributed by atoms with Crippen molar-refractivity contribution in [3.63, 3.8) is 0 Å². The molecule has 0 saturated carbocycles. The first-order valence-electron chi connectivity index (χ1n) is 5.62. The predicted octanol–water partition coefficient (Wildman–Crippen LogP) is 3.61. The van der Waals surface area contributed by atoms with E-state index in [-0.39, 0.29) is 0 Å². The summed E-state index contributed by atoms with van der Waals surface area (Å²) in [7, 11) is 0. The van der Waals surface area contributed by atoms with Gasteiger partial charge in [0.25, 0.3) is 0 Å². The third-order valence-corrected chi connectivity index (χ3v) is 2.73. The van der Waals surface area contributed by atoms with Crippen LogP contribution in [0.3, 0.4) is 0 Å². The van der Waals surface area contributed by atoms with Crippen LogP contribution in [0.2, 0.25) is 0 Å². The number of hydrogen-bond acceptors (Lipinski definition) is 1. The molecular formula is C12H26O. The molecule has 80 valence electrons. The molecule has 0 heterocycles. The SMILES string of the molecule is CCCCC(C)(C)CC(C)CCO. The second-order valence-electron chi connectivity index (χ2n) is 5.09. The summed E-state index contributed by atoms with van der Waals surface area (Å²) in [6.45, 7) is 9.51. The molecule has 0 aliphatic carbocycles. The molecule has 0 radical (unpaired) electrons. The number of unbranched alkanes of at least 4 members (excludes halogenated alkanes) is 1. The lowest BCUT2D eigenvalue weighted by Crippen LogP contribution is -2.16. The lowest BCUT2D eigenvalue weighted by Gasteiger charge is -2.27. The molecule has 0 bridgehead atoms. The Labute approximate surface area is 83.5 Å². The Morgan fingerprint density at radius 1 is 1.31 bits per heavy atom. The normalized spacial score (nSPS) is 14.5. The van der Waals surface area contributed by atoms with Crippen molar-refractivity contribution in [2.75, 3.05) is 6.61 Å². The van der Waals surface area contributed by atoms with E-state index in [1.807, 2.05) is 0 Å². The Hall–Kier alpha value is -0.0400. The number of rotatable bonds is 7. The van der Waals surface area contributed by atoms with Gasteiger partial charge in [-0.15, -0.1) is 0 Å². The van der Waals surface area contributed by atoms with E-state index >= 15 is 0 Å². The molecule has 0 aliphatic heterocycles. The Morgan fingerprint density at radius 3 is 2.38 bits per heavy atom. The molecule has 0 saturated heterocycles. The Kier molecular flexibility index (Phi) is 6.40. The summed E-state index contributed by atoms with van der Waals surface area (Å²) >= 11 is 0. The second-order valence-corrected chi connectivity index (χ2v) is 5.09. The molecule has 1 N–H and O–H groups in total. The summed E-state index contributed by atoms with van der Waals surface area (Å²) in [5, 5.41) is 8.81. The van der Waals surface area contributed by atoms with Crippen LogP contribution < -0.4 is 0 Å². The largest absolute Gasteiger partial charge is 0.396 e. The summed E-state index contributed by atoms with van der Waals surface area (Å²) in [5.41, 5.74) is 0.463. The zero-order chi connectivity index (χ0) is 10.3. The first kappa shape index (κ1) is 13.0. The monoisotopic (exact) mass is 186 g/mol. The molecule has 0 aromatic rings. The average Bonchev–Trinajstić information content (AvgIpc) is 2.00. The number of hydrogen-bond donors (Lipinski definition) is 1. The van der Waals surface area contributed by atoms with E-state index in [1.54, 1.807) is 0 Å². The van der Waals surface area contributed by atoms with Crippen molar-refractivity contribution >= 4 is 0 Å². The molecule has 0 spiro atoms. The fourth-order valence-corrected chi connectivity index (χ4v) is 2.02. The molecule has 0 aromatic heterocycles. The standard InChI is InChI=1S/C12H26O/c1-5-6-8-12(3,4)10-11(2)7-9-13/h11,13H,5-10H2,1-4H3. The van der Waals surface area contributed by atoms with Crippen LogP contribution in [0.4, 0.5) is 0 Å². The Bertz CT molecular complexity index is 118. The highest BCUT2D eigenvalue weighted by molar-refractivity contribution is 4.71. The van der Waals surface area contributed by atoms with Gasteiger partial charge in [-0.1, -0.05) is 40.5 Å². The molecule has 1 unspecified atom stereocenters. The van der Waals surface area contributed by atoms with Crippen molar-refractivity contribution in [3.8, 4) is 0 Å². The predicted molar refractivity (Wildman–Crippen MR) is 58.8 cm³/mol. The van der Waals surface area contributed by atoms with Gasteiger partial charge in [0.05, 0.1) is 0 Å². The van der Waals surface area contributed by atoms with Crippen LogP contribution in [0, 0.1) is 11.3 Å². The third-order valence-electron chi connectivity index (χ3n) is 2.73. The van der Waals surface area contributed by atoms with Gasteiger partial charge in [0.1, 0.15) is 0 Å². The molecule has 13 heavy (non-hydrogen) atoms. The summed E-state index contributed by atoms with van der Waals surface area (Å²) in [5.74, 6) is 0.664. The van der Waals surface area contributed by atoms with Crippen LogP contribution in [0.15, 0.2) is 0 Å². The Morgan fingerprint density at radius 2 is 1.92 bits per heavy atom. The molecule has 0 rings (SSSR count). The van der Waals surface area contributed by atoms with Gasteiger partial charge in [-0.3, -0.25) is 0 Å². The lowest BCUT2D eigenvalue weighted by atomic mass is 9.78. The molecule has 1 nitrogen and oxygen atoms in total. The smallest absolute Gasteiger partial charge is 0.0433 e. The maximum absolute atomic E-state index is 8.81. The van der Waals surface area contributed by atoms with Gasteiger partial charge >= 0.3 is 0 Å². The van der Waals surface area contributed by atoms with Gasteiger partial charge in [0, 0.05) is 6.61 Å². The minimum absolute atomic E-state index is 0.338. The van der Waals surface area contributed by atoms with Crippen molar-refractivity contribution in [2.45, 2.75) is 59.8 Å². The van der Waals surface area contributed by atoms with E-state index in [4.69, 9.17) is 5.11 Å².